The summed E-state index contributed by atoms with van der Waals surface area (Å²) < 4.78 is 16.6. The minimum absolute atomic E-state index is 0. The Kier molecular flexibility index (Phi) is 12.4. The summed E-state index contributed by atoms with van der Waals surface area (Å²) in [5.74, 6) is 1.74. The van der Waals surface area contributed by atoms with Crippen molar-refractivity contribution >= 4 is 29.9 Å². The highest BCUT2D eigenvalue weighted by molar-refractivity contribution is 14.0. The van der Waals surface area contributed by atoms with E-state index in [-0.39, 0.29) is 30.1 Å². The van der Waals surface area contributed by atoms with Gasteiger partial charge in [-0.05, 0) is 37.8 Å². The van der Waals surface area contributed by atoms with E-state index >= 15 is 0 Å². The van der Waals surface area contributed by atoms with Gasteiger partial charge < -0.3 is 24.8 Å². The van der Waals surface area contributed by atoms with Crippen molar-refractivity contribution in [2.45, 2.75) is 32.3 Å². The van der Waals surface area contributed by atoms with Crippen molar-refractivity contribution in [3.8, 4) is 5.75 Å². The normalized spacial score (nSPS) is 16.8. The first-order chi connectivity index (χ1) is 12.3. The van der Waals surface area contributed by atoms with Crippen molar-refractivity contribution in [3.05, 3.63) is 29.8 Å². The zero-order valence-electron chi connectivity index (χ0n) is 15.8. The van der Waals surface area contributed by atoms with Crippen molar-refractivity contribution in [3.63, 3.8) is 0 Å². The van der Waals surface area contributed by atoms with Gasteiger partial charge in [-0.15, -0.1) is 24.0 Å². The number of para-hydroxylation sites is 1. The number of nitrogens with zero attached hydrogens (tertiary/aromatic N) is 1. The lowest BCUT2D eigenvalue weighted by Crippen LogP contribution is -2.38. The fourth-order valence-corrected chi connectivity index (χ4v) is 2.78. The molecule has 1 unspecified atom stereocenters. The van der Waals surface area contributed by atoms with Crippen LogP contribution < -0.4 is 15.4 Å². The van der Waals surface area contributed by atoms with Crippen molar-refractivity contribution in [1.82, 2.24) is 10.6 Å². The molecule has 1 aliphatic rings. The van der Waals surface area contributed by atoms with Crippen LogP contribution in [0.15, 0.2) is 29.3 Å². The first kappa shape index (κ1) is 23.0. The van der Waals surface area contributed by atoms with Gasteiger partial charge in [-0.3, -0.25) is 4.99 Å². The highest BCUT2D eigenvalue weighted by Gasteiger charge is 2.14. The predicted octanol–water partition coefficient (Wildman–Crippen LogP) is 2.61. The lowest BCUT2D eigenvalue weighted by Gasteiger charge is -2.13. The zero-order valence-corrected chi connectivity index (χ0v) is 18.2. The second-order valence-corrected chi connectivity index (χ2v) is 5.96. The van der Waals surface area contributed by atoms with Gasteiger partial charge in [0.2, 0.25) is 0 Å². The zero-order chi connectivity index (χ0) is 17.7. The van der Waals surface area contributed by atoms with Gasteiger partial charge in [-0.2, -0.15) is 0 Å². The molecule has 0 spiro atoms. The molecular weight excluding hydrogens is 445 g/mol. The number of ether oxygens (including phenoxy) is 3. The van der Waals surface area contributed by atoms with E-state index in [0.717, 1.165) is 50.7 Å². The summed E-state index contributed by atoms with van der Waals surface area (Å²) in [6.07, 6.45) is 3.41. The summed E-state index contributed by atoms with van der Waals surface area (Å²) in [4.78, 5) is 4.55. The molecule has 2 rings (SSSR count). The highest BCUT2D eigenvalue weighted by Crippen LogP contribution is 2.17. The topological polar surface area (TPSA) is 64.1 Å². The first-order valence-electron chi connectivity index (χ1n) is 9.17. The van der Waals surface area contributed by atoms with Crippen LogP contribution in [0.4, 0.5) is 0 Å². The van der Waals surface area contributed by atoms with E-state index in [2.05, 4.69) is 28.6 Å². The Morgan fingerprint density at radius 1 is 1.31 bits per heavy atom. The van der Waals surface area contributed by atoms with E-state index in [0.29, 0.717) is 19.8 Å². The average Bonchev–Trinajstić information content (AvgIpc) is 3.15. The van der Waals surface area contributed by atoms with Crippen LogP contribution in [-0.2, 0) is 15.9 Å². The molecule has 1 aromatic carbocycles. The molecule has 0 radical (unpaired) electrons. The van der Waals surface area contributed by atoms with Gasteiger partial charge in [-0.25, -0.2) is 0 Å². The van der Waals surface area contributed by atoms with Gasteiger partial charge in [0.15, 0.2) is 5.96 Å². The molecule has 1 saturated heterocycles. The predicted molar refractivity (Wildman–Crippen MR) is 116 cm³/mol. The molecule has 0 bridgehead atoms. The number of hydrogen-bond donors (Lipinski definition) is 2. The maximum atomic E-state index is 5.65. The second-order valence-electron chi connectivity index (χ2n) is 5.96. The first-order valence-corrected chi connectivity index (χ1v) is 9.17. The molecule has 1 aliphatic heterocycles. The smallest absolute Gasteiger partial charge is 0.191 e. The molecule has 1 heterocycles. The van der Waals surface area contributed by atoms with E-state index in [1.165, 1.54) is 5.56 Å². The molecule has 0 aliphatic carbocycles. The van der Waals surface area contributed by atoms with Crippen LogP contribution >= 0.6 is 24.0 Å². The molecular formula is C19H32IN3O3. The van der Waals surface area contributed by atoms with Crippen LogP contribution in [0.2, 0.25) is 0 Å². The van der Waals surface area contributed by atoms with Crippen LogP contribution in [0.3, 0.4) is 0 Å². The summed E-state index contributed by atoms with van der Waals surface area (Å²) >= 11 is 0. The van der Waals surface area contributed by atoms with Gasteiger partial charge in [0.05, 0.1) is 33.0 Å². The van der Waals surface area contributed by atoms with Gasteiger partial charge in [0.1, 0.15) is 5.75 Å². The average molecular weight is 477 g/mol. The maximum Gasteiger partial charge on any atom is 0.191 e. The second kappa shape index (κ2) is 14.1. The Bertz CT molecular complexity index is 523. The Morgan fingerprint density at radius 2 is 2.15 bits per heavy atom. The fourth-order valence-electron chi connectivity index (χ4n) is 2.78. The molecule has 148 valence electrons. The highest BCUT2D eigenvalue weighted by atomic mass is 127. The summed E-state index contributed by atoms with van der Waals surface area (Å²) in [6.45, 7) is 6.48. The molecule has 0 saturated carbocycles. The van der Waals surface area contributed by atoms with E-state index in [4.69, 9.17) is 14.2 Å². The number of rotatable bonds is 10. The molecule has 2 N–H and O–H groups in total. The summed E-state index contributed by atoms with van der Waals surface area (Å²) in [5, 5.41) is 6.61. The lowest BCUT2D eigenvalue weighted by atomic mass is 10.1. The molecule has 1 aromatic rings. The number of hydrogen-bond acceptors (Lipinski definition) is 4. The maximum absolute atomic E-state index is 5.65. The standard InChI is InChI=1S/C19H31N3O3.HI/c1-3-20-19(22-12-14-24-15-17-8-6-13-25-17)21-11-10-16-7-4-5-9-18(16)23-2;/h4-5,7,9,17H,3,6,8,10-15H2,1-2H3,(H2,20,21,22);1H. The van der Waals surface area contributed by atoms with Gasteiger partial charge in [-0.1, -0.05) is 18.2 Å². The summed E-state index contributed by atoms with van der Waals surface area (Å²) in [7, 11) is 1.70. The van der Waals surface area contributed by atoms with Crippen molar-refractivity contribution in [1.29, 1.82) is 0 Å². The third-order valence-electron chi connectivity index (χ3n) is 4.06. The molecule has 1 fully saturated rings. The van der Waals surface area contributed by atoms with E-state index in [1.807, 2.05) is 18.2 Å². The minimum atomic E-state index is 0. The SMILES string of the molecule is CCNC(=NCCOCC1CCCO1)NCCc1ccccc1OC.I. The van der Waals surface area contributed by atoms with Gasteiger partial charge in [0.25, 0.3) is 0 Å². The lowest BCUT2D eigenvalue weighted by molar-refractivity contribution is 0.0200. The van der Waals surface area contributed by atoms with Crippen LogP contribution in [0, 0.1) is 0 Å². The number of halogens is 1. The minimum Gasteiger partial charge on any atom is -0.496 e. The molecule has 6 nitrogen and oxygen atoms in total. The third kappa shape index (κ3) is 8.55. The van der Waals surface area contributed by atoms with Crippen LogP contribution in [-0.4, -0.2) is 58.6 Å². The van der Waals surface area contributed by atoms with Crippen LogP contribution in [0.25, 0.3) is 0 Å². The molecule has 0 amide bonds. The molecule has 0 aromatic heterocycles. The Hall–Kier alpha value is -1.06. The van der Waals surface area contributed by atoms with Crippen molar-refractivity contribution in [2.75, 3.05) is 46.6 Å². The third-order valence-corrected chi connectivity index (χ3v) is 4.06. The Labute approximate surface area is 174 Å². The van der Waals surface area contributed by atoms with Crippen molar-refractivity contribution < 1.29 is 14.2 Å². The molecule has 1 atom stereocenters. The number of guanidine groups is 1. The van der Waals surface area contributed by atoms with Crippen LogP contribution in [0.1, 0.15) is 25.3 Å². The number of methoxy groups -OCH3 is 1. The largest absolute Gasteiger partial charge is 0.496 e. The Balaban J connectivity index is 0.00000338. The summed E-state index contributed by atoms with van der Waals surface area (Å²) in [6, 6.07) is 8.09. The number of benzene rings is 1. The molecule has 26 heavy (non-hydrogen) atoms. The molecule has 7 heteroatoms. The quantitative estimate of drug-likeness (QED) is 0.235. The van der Waals surface area contributed by atoms with Gasteiger partial charge in [0, 0.05) is 19.7 Å². The van der Waals surface area contributed by atoms with E-state index in [1.54, 1.807) is 7.11 Å². The fraction of sp³-hybridized carbons (Fsp3) is 0.632. The van der Waals surface area contributed by atoms with E-state index < -0.39 is 0 Å². The number of aliphatic imine (C=N–C) groups is 1. The number of nitrogens with one attached hydrogen (secondary N) is 2. The summed E-state index contributed by atoms with van der Waals surface area (Å²) in [5.41, 5.74) is 1.19. The monoisotopic (exact) mass is 477 g/mol. The van der Waals surface area contributed by atoms with E-state index in [9.17, 15) is 0 Å². The van der Waals surface area contributed by atoms with Gasteiger partial charge >= 0.3 is 0 Å². The van der Waals surface area contributed by atoms with Crippen molar-refractivity contribution in [2.24, 2.45) is 4.99 Å². The van der Waals surface area contributed by atoms with Crippen LogP contribution in [0.5, 0.6) is 5.75 Å². The Morgan fingerprint density at radius 3 is 2.88 bits per heavy atom.